The highest BCUT2D eigenvalue weighted by Gasteiger charge is 2.29. The molecule has 0 radical (unpaired) electrons. The molecule has 390 valence electrons. The molecule has 4 aromatic rings. The molecule has 0 heterocycles. The molecule has 4 aromatic carbocycles. The predicted molar refractivity (Wildman–Crippen MR) is 295 cm³/mol. The van der Waals surface area contributed by atoms with Gasteiger partial charge < -0.3 is 41.9 Å². The third kappa shape index (κ3) is 21.3. The average molecular weight is 995 g/mol. The molecular formula is C61H78N4O8. The molecule has 0 spiro atoms. The molecule has 2 aliphatic rings. The molecular weight excluding hydrogens is 917 g/mol. The van der Waals surface area contributed by atoms with Crippen molar-refractivity contribution in [2.45, 2.75) is 122 Å². The second kappa shape index (κ2) is 31.4. The van der Waals surface area contributed by atoms with Gasteiger partial charge in [-0.15, -0.1) is 13.2 Å². The van der Waals surface area contributed by atoms with Crippen LogP contribution in [0, 0.1) is 23.7 Å². The van der Waals surface area contributed by atoms with E-state index in [0.717, 1.165) is 98.3 Å². The van der Waals surface area contributed by atoms with Gasteiger partial charge in [0.15, 0.2) is 0 Å². The third-order valence-corrected chi connectivity index (χ3v) is 13.7. The summed E-state index contributed by atoms with van der Waals surface area (Å²) in [7, 11) is 0. The largest absolute Gasteiger partial charge is 0.462 e. The van der Waals surface area contributed by atoms with E-state index in [2.05, 4.69) is 13.2 Å². The van der Waals surface area contributed by atoms with Crippen LogP contribution in [-0.4, -0.2) is 37.1 Å². The topological polar surface area (TPSA) is 209 Å². The second-order valence-electron chi connectivity index (χ2n) is 19.3. The van der Waals surface area contributed by atoms with E-state index in [1.807, 2.05) is 48.6 Å². The van der Waals surface area contributed by atoms with E-state index in [0.29, 0.717) is 47.1 Å². The van der Waals surface area contributed by atoms with Crippen molar-refractivity contribution in [3.63, 3.8) is 0 Å². The number of carbonyl (C=O) groups is 4. The first kappa shape index (κ1) is 56.8. The summed E-state index contributed by atoms with van der Waals surface area (Å²) in [4.78, 5) is 49.3. The number of allylic oxidation sites excluding steroid dienone is 2. The van der Waals surface area contributed by atoms with Gasteiger partial charge >= 0.3 is 23.9 Å². The number of nitrogens with two attached hydrogens (primary N) is 4. The minimum absolute atomic E-state index is 0.0186. The van der Waals surface area contributed by atoms with Crippen molar-refractivity contribution in [1.29, 1.82) is 0 Å². The highest BCUT2D eigenvalue weighted by molar-refractivity contribution is 5.87. The number of rotatable bonds is 25. The number of esters is 4. The Labute approximate surface area is 433 Å². The van der Waals surface area contributed by atoms with Crippen molar-refractivity contribution < 1.29 is 38.1 Å². The lowest BCUT2D eigenvalue weighted by Crippen LogP contribution is -2.25. The minimum atomic E-state index is -0.434. The van der Waals surface area contributed by atoms with Gasteiger partial charge in [0, 0.05) is 47.7 Å². The summed E-state index contributed by atoms with van der Waals surface area (Å²) in [6, 6.07) is 24.8. The number of nitrogen functional groups attached to an aromatic ring is 4. The maximum Gasteiger partial charge on any atom is 0.330 e. The van der Waals surface area contributed by atoms with Crippen LogP contribution in [0.3, 0.4) is 0 Å². The fraction of sp³-hybridized carbons (Fsp3) is 0.410. The molecule has 0 unspecified atom stereocenters. The Morgan fingerprint density at radius 2 is 0.877 bits per heavy atom. The zero-order valence-corrected chi connectivity index (χ0v) is 42.7. The smallest absolute Gasteiger partial charge is 0.330 e. The molecule has 73 heavy (non-hydrogen) atoms. The number of benzene rings is 4. The molecule has 0 saturated heterocycles. The van der Waals surface area contributed by atoms with Crippen molar-refractivity contribution in [2.24, 2.45) is 23.7 Å². The number of ether oxygens (including phenoxy) is 4. The van der Waals surface area contributed by atoms with E-state index < -0.39 is 11.9 Å². The van der Waals surface area contributed by atoms with Crippen LogP contribution in [0.5, 0.6) is 11.5 Å². The Kier molecular flexibility index (Phi) is 24.4. The van der Waals surface area contributed by atoms with Crippen LogP contribution < -0.4 is 32.4 Å². The second-order valence-corrected chi connectivity index (χ2v) is 19.3. The van der Waals surface area contributed by atoms with E-state index in [1.54, 1.807) is 60.7 Å². The average Bonchev–Trinajstić information content (AvgIpc) is 3.39. The van der Waals surface area contributed by atoms with Crippen LogP contribution in [0.4, 0.5) is 22.7 Å². The van der Waals surface area contributed by atoms with Crippen molar-refractivity contribution >= 4 is 58.8 Å². The Morgan fingerprint density at radius 1 is 0.493 bits per heavy atom. The molecule has 12 nitrogen and oxygen atoms in total. The Bertz CT molecular complexity index is 2430. The zero-order valence-electron chi connectivity index (χ0n) is 42.7. The quantitative estimate of drug-likeness (QED) is 0.0122. The van der Waals surface area contributed by atoms with Crippen LogP contribution in [0.25, 0.3) is 12.2 Å². The van der Waals surface area contributed by atoms with Gasteiger partial charge in [-0.25, -0.2) is 9.59 Å². The normalized spacial score (nSPS) is 17.5. The summed E-state index contributed by atoms with van der Waals surface area (Å²) in [5, 5.41) is 0. The molecule has 2 fully saturated rings. The SMILES string of the molecule is C=CCCCCC1CCC(C(=O)Oc2ccc(/C=C/C(=O)OCCc3ccc(N)cc3N)cc2)CC1.C=CCCCCCC1CCC(C(=O)Oc2ccc(/C=C/C(=O)OCCc3ccc(N)cc3N)cc2)CC1. The van der Waals surface area contributed by atoms with Crippen molar-refractivity contribution in [2.75, 3.05) is 36.1 Å². The maximum atomic E-state index is 12.6. The Hall–Kier alpha value is -7.08. The lowest BCUT2D eigenvalue weighted by Gasteiger charge is -2.27. The molecule has 0 atom stereocenters. The third-order valence-electron chi connectivity index (χ3n) is 13.7. The number of carbonyl (C=O) groups excluding carboxylic acids is 4. The van der Waals surface area contributed by atoms with E-state index in [9.17, 15) is 19.2 Å². The first-order chi connectivity index (χ1) is 35.4. The Morgan fingerprint density at radius 3 is 1.26 bits per heavy atom. The molecule has 8 N–H and O–H groups in total. The van der Waals surface area contributed by atoms with Gasteiger partial charge in [0.05, 0.1) is 25.0 Å². The summed E-state index contributed by atoms with van der Waals surface area (Å²) in [6.07, 6.45) is 30.0. The van der Waals surface area contributed by atoms with E-state index in [4.69, 9.17) is 41.9 Å². The lowest BCUT2D eigenvalue weighted by molar-refractivity contribution is -0.141. The maximum absolute atomic E-state index is 12.6. The molecule has 0 bridgehead atoms. The zero-order chi connectivity index (χ0) is 52.2. The predicted octanol–water partition coefficient (Wildman–Crippen LogP) is 12.6. The van der Waals surface area contributed by atoms with E-state index in [1.165, 1.54) is 57.1 Å². The monoisotopic (exact) mass is 995 g/mol. The van der Waals surface area contributed by atoms with Crippen LogP contribution in [0.2, 0.25) is 0 Å². The lowest BCUT2D eigenvalue weighted by atomic mass is 9.80. The fourth-order valence-corrected chi connectivity index (χ4v) is 9.32. The van der Waals surface area contributed by atoms with Crippen molar-refractivity contribution in [3.8, 4) is 11.5 Å². The molecule has 2 aliphatic carbocycles. The number of hydrogen-bond acceptors (Lipinski definition) is 12. The van der Waals surface area contributed by atoms with Crippen LogP contribution in [0.1, 0.15) is 131 Å². The summed E-state index contributed by atoms with van der Waals surface area (Å²) in [5.41, 5.74) is 29.0. The fourth-order valence-electron chi connectivity index (χ4n) is 9.32. The Balaban J connectivity index is 0.000000271. The summed E-state index contributed by atoms with van der Waals surface area (Å²) in [5.74, 6) is 1.32. The van der Waals surface area contributed by atoms with Crippen LogP contribution >= 0.6 is 0 Å². The molecule has 6 rings (SSSR count). The van der Waals surface area contributed by atoms with Gasteiger partial charge in [-0.05, 0) is 172 Å². The summed E-state index contributed by atoms with van der Waals surface area (Å²) >= 11 is 0. The van der Waals surface area contributed by atoms with Gasteiger partial charge in [0.1, 0.15) is 11.5 Å². The number of hydrogen-bond donors (Lipinski definition) is 4. The van der Waals surface area contributed by atoms with Crippen LogP contribution in [0.15, 0.2) is 122 Å². The summed E-state index contributed by atoms with van der Waals surface area (Å²) < 4.78 is 21.7. The summed E-state index contributed by atoms with van der Waals surface area (Å²) in [6.45, 7) is 8.00. The molecule has 2 saturated carbocycles. The van der Waals surface area contributed by atoms with Crippen molar-refractivity contribution in [3.05, 3.63) is 145 Å². The van der Waals surface area contributed by atoms with E-state index in [-0.39, 0.29) is 37.0 Å². The molecule has 0 aliphatic heterocycles. The molecule has 12 heteroatoms. The van der Waals surface area contributed by atoms with Gasteiger partial charge in [0.2, 0.25) is 0 Å². The van der Waals surface area contributed by atoms with Crippen molar-refractivity contribution in [1.82, 2.24) is 0 Å². The number of unbranched alkanes of at least 4 members (excludes halogenated alkanes) is 5. The van der Waals surface area contributed by atoms with E-state index >= 15 is 0 Å². The highest BCUT2D eigenvalue weighted by atomic mass is 16.5. The van der Waals surface area contributed by atoms with Gasteiger partial charge in [0.25, 0.3) is 0 Å². The van der Waals surface area contributed by atoms with Gasteiger partial charge in [-0.3, -0.25) is 9.59 Å². The highest BCUT2D eigenvalue weighted by Crippen LogP contribution is 2.35. The van der Waals surface area contributed by atoms with Gasteiger partial charge in [-0.1, -0.05) is 80.7 Å². The first-order valence-electron chi connectivity index (χ1n) is 26.2. The standard InChI is InChI=1S/C31H40N2O4.C30H38N2O4/c1-2-3-4-5-6-7-23-8-13-26(14-9-23)31(35)37-28-17-10-24(11-18-28)12-19-30(34)36-21-20-25-15-16-27(32)22-29(25)33;1-2-3-4-5-6-22-7-12-25(13-8-22)30(34)36-27-16-9-23(10-17-27)11-18-29(33)35-20-19-24-14-15-26(31)21-28(24)32/h2,10-12,15-19,22-23,26H,1,3-9,13-14,20-21,32-33H2;2,9-11,14-18,21-22,25H,1,3-8,12-13,19-20,31-32H2/b19-12+;18-11+. The molecule has 0 amide bonds. The van der Waals surface area contributed by atoms with Gasteiger partial charge in [-0.2, -0.15) is 0 Å². The number of anilines is 4. The molecule has 0 aromatic heterocycles. The van der Waals surface area contributed by atoms with Crippen LogP contribution in [-0.2, 0) is 41.5 Å². The first-order valence-corrected chi connectivity index (χ1v) is 26.2. The minimum Gasteiger partial charge on any atom is -0.462 e.